The van der Waals surface area contributed by atoms with Crippen LogP contribution in [0.2, 0.25) is 0 Å². The molecule has 3 heteroatoms. The van der Waals surface area contributed by atoms with Gasteiger partial charge in [-0.1, -0.05) is 26.3 Å². The molecule has 0 aromatic carbocycles. The molecule has 0 atom stereocenters. The molecule has 1 fully saturated rings. The highest BCUT2D eigenvalue weighted by atomic mass is 16.3. The monoisotopic (exact) mass is 191 g/mol. The second-order valence-electron chi connectivity index (χ2n) is 3.18. The number of aliphatic hydroxyl groups is 1. The van der Waals surface area contributed by atoms with E-state index < -0.39 is 0 Å². The SMILES string of the molecule is C=C1CN(C(=O)C(=C)CO)C(=C)C1=C. The average Bonchev–Trinajstić information content (AvgIpc) is 2.43. The van der Waals surface area contributed by atoms with Crippen molar-refractivity contribution in [2.45, 2.75) is 0 Å². The summed E-state index contributed by atoms with van der Waals surface area (Å²) in [4.78, 5) is 13.0. The number of carbonyl (C=O) groups excluding carboxylic acids is 1. The van der Waals surface area contributed by atoms with E-state index in [4.69, 9.17) is 5.11 Å². The highest BCUT2D eigenvalue weighted by Crippen LogP contribution is 2.28. The van der Waals surface area contributed by atoms with E-state index in [-0.39, 0.29) is 18.1 Å². The molecule has 0 aliphatic carbocycles. The van der Waals surface area contributed by atoms with Crippen LogP contribution in [0.1, 0.15) is 0 Å². The molecule has 0 spiro atoms. The molecule has 0 unspecified atom stereocenters. The summed E-state index contributed by atoms with van der Waals surface area (Å²) in [6.07, 6.45) is 0. The molecule has 14 heavy (non-hydrogen) atoms. The maximum absolute atomic E-state index is 11.6. The van der Waals surface area contributed by atoms with Gasteiger partial charge < -0.3 is 10.0 Å². The Morgan fingerprint density at radius 2 is 2.00 bits per heavy atom. The molecule has 1 aliphatic rings. The Bertz CT molecular complexity index is 352. The molecule has 0 radical (unpaired) electrons. The first-order chi connectivity index (χ1) is 6.49. The van der Waals surface area contributed by atoms with Crippen molar-refractivity contribution in [3.05, 3.63) is 48.7 Å². The van der Waals surface area contributed by atoms with E-state index in [1.54, 1.807) is 0 Å². The minimum Gasteiger partial charge on any atom is -0.391 e. The van der Waals surface area contributed by atoms with E-state index in [1.165, 1.54) is 4.90 Å². The molecule has 74 valence electrons. The van der Waals surface area contributed by atoms with Crippen LogP contribution in [0, 0.1) is 0 Å². The summed E-state index contributed by atoms with van der Waals surface area (Å²) >= 11 is 0. The lowest BCUT2D eigenvalue weighted by Crippen LogP contribution is -2.28. The molecule has 1 amide bonds. The third-order valence-corrected chi connectivity index (χ3v) is 2.19. The van der Waals surface area contributed by atoms with Gasteiger partial charge in [0, 0.05) is 11.3 Å². The van der Waals surface area contributed by atoms with E-state index in [9.17, 15) is 4.79 Å². The molecular weight excluding hydrogens is 178 g/mol. The first kappa shape index (κ1) is 10.5. The van der Waals surface area contributed by atoms with Gasteiger partial charge in [-0.2, -0.15) is 0 Å². The number of nitrogens with zero attached hydrogens (tertiary/aromatic N) is 1. The molecule has 0 aromatic heterocycles. The van der Waals surface area contributed by atoms with Gasteiger partial charge in [-0.05, 0) is 11.1 Å². The van der Waals surface area contributed by atoms with Gasteiger partial charge in [0.05, 0.1) is 13.2 Å². The molecule has 1 saturated heterocycles. The van der Waals surface area contributed by atoms with Gasteiger partial charge in [-0.3, -0.25) is 4.79 Å². The molecule has 1 heterocycles. The molecule has 0 bridgehead atoms. The van der Waals surface area contributed by atoms with E-state index in [2.05, 4.69) is 26.3 Å². The Balaban J connectivity index is 2.87. The Morgan fingerprint density at radius 1 is 1.43 bits per heavy atom. The van der Waals surface area contributed by atoms with Crippen molar-refractivity contribution in [2.75, 3.05) is 13.2 Å². The Kier molecular flexibility index (Phi) is 2.72. The van der Waals surface area contributed by atoms with Crippen LogP contribution in [-0.2, 0) is 4.79 Å². The number of likely N-dealkylation sites (tertiary alicyclic amines) is 1. The lowest BCUT2D eigenvalue weighted by Gasteiger charge is -2.16. The minimum atomic E-state index is -0.346. The molecule has 3 nitrogen and oxygen atoms in total. The zero-order valence-corrected chi connectivity index (χ0v) is 8.05. The minimum absolute atomic E-state index is 0.147. The summed E-state index contributed by atoms with van der Waals surface area (Å²) < 4.78 is 0. The van der Waals surface area contributed by atoms with Crippen molar-refractivity contribution in [2.24, 2.45) is 0 Å². The van der Waals surface area contributed by atoms with E-state index in [1.807, 2.05) is 0 Å². The summed E-state index contributed by atoms with van der Waals surface area (Å²) in [5.74, 6) is -0.322. The molecule has 0 aromatic rings. The van der Waals surface area contributed by atoms with Crippen molar-refractivity contribution in [3.8, 4) is 0 Å². The van der Waals surface area contributed by atoms with Crippen LogP contribution in [0.25, 0.3) is 0 Å². The zero-order chi connectivity index (χ0) is 10.9. The van der Waals surface area contributed by atoms with Gasteiger partial charge in [0.2, 0.25) is 0 Å². The Morgan fingerprint density at radius 3 is 2.36 bits per heavy atom. The second-order valence-corrected chi connectivity index (χ2v) is 3.18. The molecule has 1 N–H and O–H groups in total. The Hall–Kier alpha value is -1.61. The van der Waals surface area contributed by atoms with Crippen LogP contribution < -0.4 is 0 Å². The van der Waals surface area contributed by atoms with Gasteiger partial charge in [0.15, 0.2) is 0 Å². The molecule has 0 saturated carbocycles. The lowest BCUT2D eigenvalue weighted by atomic mass is 10.2. The first-order valence-electron chi connectivity index (χ1n) is 4.16. The normalized spacial score (nSPS) is 16.4. The summed E-state index contributed by atoms with van der Waals surface area (Å²) in [5, 5.41) is 8.76. The summed E-state index contributed by atoms with van der Waals surface area (Å²) in [5.41, 5.74) is 2.14. The lowest BCUT2D eigenvalue weighted by molar-refractivity contribution is -0.124. The number of carbonyl (C=O) groups is 1. The number of hydrogen-bond donors (Lipinski definition) is 1. The van der Waals surface area contributed by atoms with Crippen LogP contribution in [0.5, 0.6) is 0 Å². The maximum Gasteiger partial charge on any atom is 0.256 e. The van der Waals surface area contributed by atoms with Crippen LogP contribution in [0.15, 0.2) is 48.7 Å². The largest absolute Gasteiger partial charge is 0.391 e. The number of allylic oxidation sites excluding steroid dienone is 1. The highest BCUT2D eigenvalue weighted by Gasteiger charge is 2.28. The standard InChI is InChI=1S/C11H13NO2/c1-7-5-12(10(4)9(7)3)11(14)8(2)6-13/h13H,1-6H2. The number of aliphatic hydroxyl groups excluding tert-OH is 1. The van der Waals surface area contributed by atoms with Crippen molar-refractivity contribution in [1.29, 1.82) is 0 Å². The van der Waals surface area contributed by atoms with Crippen molar-refractivity contribution >= 4 is 5.91 Å². The number of amides is 1. The van der Waals surface area contributed by atoms with Crippen LogP contribution in [-0.4, -0.2) is 29.1 Å². The predicted octanol–water partition coefficient (Wildman–Crippen LogP) is 1.00. The fraction of sp³-hybridized carbons (Fsp3) is 0.182. The third kappa shape index (κ3) is 1.54. The Labute approximate surface area is 83.3 Å². The fourth-order valence-corrected chi connectivity index (χ4v) is 1.20. The molecule has 1 aliphatic heterocycles. The fourth-order valence-electron chi connectivity index (χ4n) is 1.20. The van der Waals surface area contributed by atoms with Crippen LogP contribution in [0.3, 0.4) is 0 Å². The first-order valence-corrected chi connectivity index (χ1v) is 4.16. The topological polar surface area (TPSA) is 40.5 Å². The van der Waals surface area contributed by atoms with Crippen molar-refractivity contribution in [3.63, 3.8) is 0 Å². The quantitative estimate of drug-likeness (QED) is 0.661. The van der Waals surface area contributed by atoms with Crippen molar-refractivity contribution < 1.29 is 9.90 Å². The van der Waals surface area contributed by atoms with Crippen LogP contribution >= 0.6 is 0 Å². The molecular formula is C11H13NO2. The van der Waals surface area contributed by atoms with E-state index in [0.717, 1.165) is 5.57 Å². The summed E-state index contributed by atoms with van der Waals surface area (Å²) in [6, 6.07) is 0. The summed E-state index contributed by atoms with van der Waals surface area (Å²) in [7, 11) is 0. The highest BCUT2D eigenvalue weighted by molar-refractivity contribution is 5.95. The third-order valence-electron chi connectivity index (χ3n) is 2.19. The van der Waals surface area contributed by atoms with E-state index in [0.29, 0.717) is 17.8 Å². The molecule has 1 rings (SSSR count). The number of rotatable bonds is 2. The number of hydrogen-bond acceptors (Lipinski definition) is 2. The van der Waals surface area contributed by atoms with Crippen LogP contribution in [0.4, 0.5) is 0 Å². The van der Waals surface area contributed by atoms with Gasteiger partial charge in [-0.25, -0.2) is 0 Å². The predicted molar refractivity (Wildman–Crippen MR) is 55.4 cm³/mol. The second kappa shape index (κ2) is 3.64. The smallest absolute Gasteiger partial charge is 0.256 e. The van der Waals surface area contributed by atoms with Gasteiger partial charge in [0.25, 0.3) is 5.91 Å². The van der Waals surface area contributed by atoms with Gasteiger partial charge in [0.1, 0.15) is 0 Å². The summed E-state index contributed by atoms with van der Waals surface area (Å²) in [6.45, 7) is 14.7. The average molecular weight is 191 g/mol. The van der Waals surface area contributed by atoms with E-state index >= 15 is 0 Å². The van der Waals surface area contributed by atoms with Gasteiger partial charge in [-0.15, -0.1) is 0 Å². The maximum atomic E-state index is 11.6. The van der Waals surface area contributed by atoms with Crippen molar-refractivity contribution in [1.82, 2.24) is 4.90 Å². The van der Waals surface area contributed by atoms with Gasteiger partial charge >= 0.3 is 0 Å². The zero-order valence-electron chi connectivity index (χ0n) is 8.05.